The van der Waals surface area contributed by atoms with Crippen molar-refractivity contribution in [2.45, 2.75) is 19.6 Å². The van der Waals surface area contributed by atoms with Crippen molar-refractivity contribution in [1.29, 1.82) is 0 Å². The second-order valence-corrected chi connectivity index (χ2v) is 4.76. The predicted molar refractivity (Wildman–Crippen MR) is 76.3 cm³/mol. The van der Waals surface area contributed by atoms with Crippen LogP contribution >= 0.6 is 0 Å². The number of benzene rings is 2. The molecule has 0 aliphatic carbocycles. The fourth-order valence-electron chi connectivity index (χ4n) is 2.26. The van der Waals surface area contributed by atoms with Gasteiger partial charge in [-0.25, -0.2) is 4.79 Å². The Hall–Kier alpha value is -2.33. The Morgan fingerprint density at radius 2 is 1.90 bits per heavy atom. The first-order valence-corrected chi connectivity index (χ1v) is 6.63. The molecule has 4 nitrogen and oxygen atoms in total. The van der Waals surface area contributed by atoms with Gasteiger partial charge in [0.15, 0.2) is 0 Å². The van der Waals surface area contributed by atoms with Crippen LogP contribution in [0.25, 0.3) is 0 Å². The summed E-state index contributed by atoms with van der Waals surface area (Å²) in [4.78, 5) is 11.7. The van der Waals surface area contributed by atoms with Crippen molar-refractivity contribution in [1.82, 2.24) is 10.6 Å². The third-order valence-corrected chi connectivity index (χ3v) is 3.29. The number of rotatable bonds is 3. The van der Waals surface area contributed by atoms with Crippen molar-refractivity contribution in [3.8, 4) is 5.75 Å². The van der Waals surface area contributed by atoms with Gasteiger partial charge in [-0.15, -0.1) is 0 Å². The lowest BCUT2D eigenvalue weighted by Crippen LogP contribution is -2.26. The van der Waals surface area contributed by atoms with Crippen LogP contribution in [-0.4, -0.2) is 6.09 Å². The molecule has 1 aliphatic heterocycles. The van der Waals surface area contributed by atoms with Crippen molar-refractivity contribution in [2.75, 3.05) is 0 Å². The van der Waals surface area contributed by atoms with Gasteiger partial charge in [-0.1, -0.05) is 36.4 Å². The van der Waals surface area contributed by atoms with Crippen LogP contribution in [0.3, 0.4) is 0 Å². The van der Waals surface area contributed by atoms with Gasteiger partial charge in [0, 0.05) is 19.6 Å². The molecule has 2 aromatic carbocycles. The Morgan fingerprint density at radius 1 is 1.10 bits per heavy atom. The average molecular weight is 268 g/mol. The number of carbonyl (C=O) groups is 1. The van der Waals surface area contributed by atoms with E-state index in [1.165, 1.54) is 11.1 Å². The molecule has 0 aromatic heterocycles. The number of hydrogen-bond acceptors (Lipinski definition) is 3. The van der Waals surface area contributed by atoms with Crippen molar-refractivity contribution < 1.29 is 9.53 Å². The van der Waals surface area contributed by atoms with E-state index < -0.39 is 6.09 Å². The summed E-state index contributed by atoms with van der Waals surface area (Å²) in [5.41, 5.74) is 3.72. The largest absolute Gasteiger partial charge is 0.412 e. The zero-order valence-corrected chi connectivity index (χ0v) is 11.1. The first kappa shape index (κ1) is 12.7. The number of para-hydroxylation sites is 1. The molecule has 1 amide bonds. The Bertz CT molecular complexity index is 611. The van der Waals surface area contributed by atoms with E-state index in [0.29, 0.717) is 12.3 Å². The number of ether oxygens (including phenoxy) is 1. The lowest BCUT2D eigenvalue weighted by Gasteiger charge is -2.07. The van der Waals surface area contributed by atoms with E-state index in [9.17, 15) is 4.79 Å². The molecule has 0 saturated heterocycles. The zero-order chi connectivity index (χ0) is 13.8. The van der Waals surface area contributed by atoms with E-state index in [1.807, 2.05) is 24.3 Å². The zero-order valence-electron chi connectivity index (χ0n) is 11.1. The van der Waals surface area contributed by atoms with Gasteiger partial charge in [-0.05, 0) is 28.8 Å². The summed E-state index contributed by atoms with van der Waals surface area (Å²) in [6, 6.07) is 15.3. The van der Waals surface area contributed by atoms with Crippen molar-refractivity contribution in [3.05, 3.63) is 65.2 Å². The minimum Gasteiger partial charge on any atom is -0.410 e. The topological polar surface area (TPSA) is 50.4 Å². The Morgan fingerprint density at radius 3 is 2.75 bits per heavy atom. The first-order valence-electron chi connectivity index (χ1n) is 6.63. The molecular formula is C16H16N2O2. The molecule has 1 aliphatic rings. The molecular weight excluding hydrogens is 252 g/mol. The highest BCUT2D eigenvalue weighted by Crippen LogP contribution is 2.17. The monoisotopic (exact) mass is 268 g/mol. The molecule has 20 heavy (non-hydrogen) atoms. The SMILES string of the molecule is O=C(NCc1ccc2c(c1)CNC2)Oc1ccccc1. The smallest absolute Gasteiger partial charge is 0.410 e. The lowest BCUT2D eigenvalue weighted by atomic mass is 10.1. The molecule has 4 heteroatoms. The maximum Gasteiger partial charge on any atom is 0.412 e. The van der Waals surface area contributed by atoms with E-state index >= 15 is 0 Å². The lowest BCUT2D eigenvalue weighted by molar-refractivity contribution is 0.200. The van der Waals surface area contributed by atoms with Crippen LogP contribution in [0.2, 0.25) is 0 Å². The van der Waals surface area contributed by atoms with Gasteiger partial charge in [0.1, 0.15) is 5.75 Å². The summed E-state index contributed by atoms with van der Waals surface area (Å²) in [5, 5.41) is 6.06. The summed E-state index contributed by atoms with van der Waals surface area (Å²) >= 11 is 0. The first-order chi connectivity index (χ1) is 9.81. The second kappa shape index (κ2) is 5.75. The second-order valence-electron chi connectivity index (χ2n) is 4.76. The number of amides is 1. The van der Waals surface area contributed by atoms with Crippen LogP contribution in [0.4, 0.5) is 4.79 Å². The van der Waals surface area contributed by atoms with Gasteiger partial charge in [0.2, 0.25) is 0 Å². The highest BCUT2D eigenvalue weighted by Gasteiger charge is 2.10. The van der Waals surface area contributed by atoms with Crippen molar-refractivity contribution in [3.63, 3.8) is 0 Å². The molecule has 102 valence electrons. The standard InChI is InChI=1S/C16H16N2O2/c19-16(20-15-4-2-1-3-5-15)18-9-12-6-7-13-10-17-11-14(13)8-12/h1-8,17H,9-11H2,(H,18,19). The minimum atomic E-state index is -0.435. The Balaban J connectivity index is 1.55. The van der Waals surface area contributed by atoms with E-state index in [1.54, 1.807) is 12.1 Å². The molecule has 0 spiro atoms. The third kappa shape index (κ3) is 2.97. The fourth-order valence-corrected chi connectivity index (χ4v) is 2.26. The van der Waals surface area contributed by atoms with Crippen LogP contribution in [0.5, 0.6) is 5.75 Å². The number of fused-ring (bicyclic) bond motifs is 1. The van der Waals surface area contributed by atoms with Crippen LogP contribution in [-0.2, 0) is 19.6 Å². The van der Waals surface area contributed by atoms with Crippen LogP contribution in [0.15, 0.2) is 48.5 Å². The van der Waals surface area contributed by atoms with Crippen LogP contribution < -0.4 is 15.4 Å². The molecule has 0 atom stereocenters. The van der Waals surface area contributed by atoms with E-state index in [0.717, 1.165) is 18.7 Å². The van der Waals surface area contributed by atoms with Gasteiger partial charge in [-0.2, -0.15) is 0 Å². The fraction of sp³-hybridized carbons (Fsp3) is 0.188. The molecule has 0 unspecified atom stereocenters. The van der Waals surface area contributed by atoms with E-state index in [2.05, 4.69) is 22.8 Å². The third-order valence-electron chi connectivity index (χ3n) is 3.29. The molecule has 0 saturated carbocycles. The summed E-state index contributed by atoms with van der Waals surface area (Å²) in [6.07, 6.45) is -0.435. The quantitative estimate of drug-likeness (QED) is 0.899. The minimum absolute atomic E-state index is 0.435. The molecule has 1 heterocycles. The van der Waals surface area contributed by atoms with Gasteiger partial charge in [0.25, 0.3) is 0 Å². The highest BCUT2D eigenvalue weighted by molar-refractivity contribution is 5.70. The highest BCUT2D eigenvalue weighted by atomic mass is 16.5. The molecule has 0 fully saturated rings. The molecule has 3 rings (SSSR count). The summed E-state index contributed by atoms with van der Waals surface area (Å²) in [5.74, 6) is 0.545. The maximum atomic E-state index is 11.7. The Kier molecular flexibility index (Phi) is 3.65. The normalized spacial score (nSPS) is 12.8. The predicted octanol–water partition coefficient (Wildman–Crippen LogP) is 2.58. The average Bonchev–Trinajstić information content (AvgIpc) is 2.93. The Labute approximate surface area is 117 Å². The van der Waals surface area contributed by atoms with Crippen LogP contribution in [0.1, 0.15) is 16.7 Å². The summed E-state index contributed by atoms with van der Waals surface area (Å²) in [6.45, 7) is 2.30. The molecule has 0 radical (unpaired) electrons. The molecule has 2 aromatic rings. The van der Waals surface area contributed by atoms with Gasteiger partial charge in [-0.3, -0.25) is 0 Å². The number of nitrogens with one attached hydrogen (secondary N) is 2. The van der Waals surface area contributed by atoms with Crippen molar-refractivity contribution in [2.24, 2.45) is 0 Å². The van der Waals surface area contributed by atoms with Crippen molar-refractivity contribution >= 4 is 6.09 Å². The number of carbonyl (C=O) groups excluding carboxylic acids is 1. The van der Waals surface area contributed by atoms with E-state index in [-0.39, 0.29) is 0 Å². The molecule has 2 N–H and O–H groups in total. The van der Waals surface area contributed by atoms with Crippen LogP contribution in [0, 0.1) is 0 Å². The van der Waals surface area contributed by atoms with Gasteiger partial charge in [0.05, 0.1) is 0 Å². The summed E-state index contributed by atoms with van der Waals surface area (Å²) in [7, 11) is 0. The van der Waals surface area contributed by atoms with Gasteiger partial charge < -0.3 is 15.4 Å². The maximum absolute atomic E-state index is 11.7. The van der Waals surface area contributed by atoms with E-state index in [4.69, 9.17) is 4.74 Å². The molecule has 0 bridgehead atoms. The number of hydrogen-bond donors (Lipinski definition) is 2. The summed E-state index contributed by atoms with van der Waals surface area (Å²) < 4.78 is 5.17. The van der Waals surface area contributed by atoms with Gasteiger partial charge >= 0.3 is 6.09 Å².